The van der Waals surface area contributed by atoms with Crippen LogP contribution in [0, 0.1) is 5.41 Å². The summed E-state index contributed by atoms with van der Waals surface area (Å²) in [6.45, 7) is 0.929. The highest BCUT2D eigenvalue weighted by Gasteiger charge is 2.48. The van der Waals surface area contributed by atoms with Crippen LogP contribution >= 0.6 is 11.8 Å². The van der Waals surface area contributed by atoms with Gasteiger partial charge >= 0.3 is 0 Å². The van der Waals surface area contributed by atoms with Gasteiger partial charge in [-0.1, -0.05) is 0 Å². The normalized spacial score (nSPS) is 40.7. The number of rotatable bonds is 0. The topological polar surface area (TPSA) is 29.1 Å². The third-order valence-electron chi connectivity index (χ3n) is 2.17. The molecule has 1 amide bonds. The van der Waals surface area contributed by atoms with Gasteiger partial charge in [-0.25, -0.2) is 0 Å². The molecule has 2 saturated heterocycles. The van der Waals surface area contributed by atoms with E-state index < -0.39 is 0 Å². The first-order valence-corrected chi connectivity index (χ1v) is 4.35. The lowest BCUT2D eigenvalue weighted by molar-refractivity contribution is -0.137. The van der Waals surface area contributed by atoms with Crippen LogP contribution < -0.4 is 5.32 Å². The number of β-lactam (4-membered cyclic amide) rings is 1. The van der Waals surface area contributed by atoms with Crippen LogP contribution in [-0.4, -0.2) is 24.0 Å². The van der Waals surface area contributed by atoms with Crippen LogP contribution in [-0.2, 0) is 4.79 Å². The molecule has 0 saturated carbocycles. The maximum Gasteiger partial charge on any atom is 0.228 e. The summed E-state index contributed by atoms with van der Waals surface area (Å²) in [7, 11) is 0. The average Bonchev–Trinajstić information content (AvgIpc) is 2.34. The van der Waals surface area contributed by atoms with Crippen molar-refractivity contribution in [2.24, 2.45) is 5.41 Å². The molecule has 0 aromatic heterocycles. The van der Waals surface area contributed by atoms with E-state index >= 15 is 0 Å². The van der Waals surface area contributed by atoms with Gasteiger partial charge in [-0.2, -0.15) is 11.8 Å². The molecule has 1 atom stereocenters. The van der Waals surface area contributed by atoms with Crippen molar-refractivity contribution >= 4 is 17.7 Å². The van der Waals surface area contributed by atoms with Crippen molar-refractivity contribution in [2.75, 3.05) is 18.1 Å². The molecule has 2 nitrogen and oxygen atoms in total. The van der Waals surface area contributed by atoms with E-state index in [0.29, 0.717) is 0 Å². The lowest BCUT2D eigenvalue weighted by Crippen LogP contribution is -2.59. The van der Waals surface area contributed by atoms with E-state index in [4.69, 9.17) is 0 Å². The number of hydrogen-bond donors (Lipinski definition) is 1. The molecule has 0 bridgehead atoms. The maximum absolute atomic E-state index is 10.9. The van der Waals surface area contributed by atoms with E-state index in [0.717, 1.165) is 18.7 Å². The van der Waals surface area contributed by atoms with Crippen LogP contribution in [0.3, 0.4) is 0 Å². The van der Waals surface area contributed by atoms with Gasteiger partial charge in [-0.05, 0) is 12.2 Å². The quantitative estimate of drug-likeness (QED) is 0.492. The molecule has 2 rings (SSSR count). The third kappa shape index (κ3) is 0.611. The van der Waals surface area contributed by atoms with Crippen LogP contribution in [0.4, 0.5) is 0 Å². The van der Waals surface area contributed by atoms with Crippen LogP contribution in [0.5, 0.6) is 0 Å². The Kier molecular flexibility index (Phi) is 1.03. The first-order chi connectivity index (χ1) is 4.33. The fraction of sp³-hybridized carbons (Fsp3) is 0.833. The molecule has 0 aliphatic carbocycles. The zero-order valence-electron chi connectivity index (χ0n) is 5.14. The molecule has 3 heteroatoms. The maximum atomic E-state index is 10.9. The number of hydrogen-bond acceptors (Lipinski definition) is 2. The van der Waals surface area contributed by atoms with Crippen molar-refractivity contribution in [3.63, 3.8) is 0 Å². The fourth-order valence-corrected chi connectivity index (χ4v) is 2.78. The van der Waals surface area contributed by atoms with Gasteiger partial charge in [-0.3, -0.25) is 4.79 Å². The molecule has 2 aliphatic heterocycles. The molecule has 0 radical (unpaired) electrons. The van der Waals surface area contributed by atoms with Crippen molar-refractivity contribution in [1.29, 1.82) is 0 Å². The molecule has 2 heterocycles. The van der Waals surface area contributed by atoms with Gasteiger partial charge in [0.25, 0.3) is 0 Å². The minimum absolute atomic E-state index is 0.0880. The number of nitrogens with one attached hydrogen (secondary N) is 1. The van der Waals surface area contributed by atoms with E-state index in [-0.39, 0.29) is 11.3 Å². The van der Waals surface area contributed by atoms with Gasteiger partial charge in [0.15, 0.2) is 0 Å². The predicted molar refractivity (Wildman–Crippen MR) is 37.4 cm³/mol. The monoisotopic (exact) mass is 143 g/mol. The molecule has 9 heavy (non-hydrogen) atoms. The summed E-state index contributed by atoms with van der Waals surface area (Å²) in [5, 5.41) is 2.79. The van der Waals surface area contributed by atoms with Crippen molar-refractivity contribution < 1.29 is 4.79 Å². The van der Waals surface area contributed by atoms with Gasteiger partial charge in [-0.15, -0.1) is 0 Å². The third-order valence-corrected chi connectivity index (χ3v) is 3.42. The molecule has 1 unspecified atom stereocenters. The van der Waals surface area contributed by atoms with Gasteiger partial charge in [0.2, 0.25) is 5.91 Å². The minimum atomic E-state index is 0.0880. The largest absolute Gasteiger partial charge is 0.354 e. The molecular weight excluding hydrogens is 134 g/mol. The van der Waals surface area contributed by atoms with E-state index in [1.807, 2.05) is 11.8 Å². The lowest BCUT2D eigenvalue weighted by atomic mass is 9.80. The SMILES string of the molecule is O=C1NCC12CCSC2. The van der Waals surface area contributed by atoms with E-state index in [1.54, 1.807) is 0 Å². The van der Waals surface area contributed by atoms with Crippen LogP contribution in [0.1, 0.15) is 6.42 Å². The molecule has 1 spiro atoms. The Labute approximate surface area is 58.4 Å². The summed E-state index contributed by atoms with van der Waals surface area (Å²) in [5.41, 5.74) is 0.0880. The van der Waals surface area contributed by atoms with E-state index in [9.17, 15) is 4.79 Å². The highest BCUT2D eigenvalue weighted by molar-refractivity contribution is 7.99. The Morgan fingerprint density at radius 3 is 2.78 bits per heavy atom. The molecular formula is C6H9NOS. The Bertz CT molecular complexity index is 151. The summed E-state index contributed by atoms with van der Waals surface area (Å²) < 4.78 is 0. The Hall–Kier alpha value is -0.180. The van der Waals surface area contributed by atoms with Crippen LogP contribution in [0.15, 0.2) is 0 Å². The molecule has 50 valence electrons. The number of carbonyl (C=O) groups excluding carboxylic acids is 1. The summed E-state index contributed by atoms with van der Waals surface area (Å²) >= 11 is 1.90. The molecule has 0 aromatic rings. The summed E-state index contributed by atoms with van der Waals surface area (Å²) in [6.07, 6.45) is 1.10. The van der Waals surface area contributed by atoms with Crippen molar-refractivity contribution in [3.8, 4) is 0 Å². The first-order valence-electron chi connectivity index (χ1n) is 3.20. The zero-order chi connectivity index (χ0) is 6.32. The second kappa shape index (κ2) is 1.66. The minimum Gasteiger partial charge on any atom is -0.354 e. The molecule has 0 aromatic carbocycles. The summed E-state index contributed by atoms with van der Waals surface area (Å²) in [5.74, 6) is 2.51. The predicted octanol–water partition coefficient (Wildman–Crippen LogP) is 0.240. The van der Waals surface area contributed by atoms with Gasteiger partial charge < -0.3 is 5.32 Å². The van der Waals surface area contributed by atoms with Crippen molar-refractivity contribution in [1.82, 2.24) is 5.32 Å². The van der Waals surface area contributed by atoms with Crippen molar-refractivity contribution in [3.05, 3.63) is 0 Å². The van der Waals surface area contributed by atoms with Crippen LogP contribution in [0.2, 0.25) is 0 Å². The van der Waals surface area contributed by atoms with Gasteiger partial charge in [0.1, 0.15) is 0 Å². The highest BCUT2D eigenvalue weighted by atomic mass is 32.2. The smallest absolute Gasteiger partial charge is 0.228 e. The highest BCUT2D eigenvalue weighted by Crippen LogP contribution is 2.39. The Morgan fingerprint density at radius 1 is 1.67 bits per heavy atom. The Balaban J connectivity index is 2.14. The number of carbonyl (C=O) groups is 1. The second-order valence-electron chi connectivity index (χ2n) is 2.77. The first kappa shape index (κ1) is 5.59. The van der Waals surface area contributed by atoms with Gasteiger partial charge in [0, 0.05) is 12.3 Å². The fourth-order valence-electron chi connectivity index (χ4n) is 1.34. The molecule has 2 aliphatic rings. The molecule has 1 N–H and O–H groups in total. The van der Waals surface area contributed by atoms with Gasteiger partial charge in [0.05, 0.1) is 5.41 Å². The number of thioether (sulfide) groups is 1. The second-order valence-corrected chi connectivity index (χ2v) is 3.87. The van der Waals surface area contributed by atoms with Crippen molar-refractivity contribution in [2.45, 2.75) is 6.42 Å². The summed E-state index contributed by atoms with van der Waals surface area (Å²) in [6, 6.07) is 0. The summed E-state index contributed by atoms with van der Waals surface area (Å²) in [4.78, 5) is 10.9. The Morgan fingerprint density at radius 2 is 2.56 bits per heavy atom. The van der Waals surface area contributed by atoms with E-state index in [1.165, 1.54) is 5.75 Å². The van der Waals surface area contributed by atoms with E-state index in [2.05, 4.69) is 5.32 Å². The standard InChI is InChI=1S/C6H9NOS/c8-5-6(3-7-5)1-2-9-4-6/h1-4H2,(H,7,8). The van der Waals surface area contributed by atoms with Crippen LogP contribution in [0.25, 0.3) is 0 Å². The molecule has 2 fully saturated rings. The number of amides is 1. The lowest BCUT2D eigenvalue weighted by Gasteiger charge is -2.36. The average molecular weight is 143 g/mol. The zero-order valence-corrected chi connectivity index (χ0v) is 5.96.